The number of carboxylic acids is 1. The summed E-state index contributed by atoms with van der Waals surface area (Å²) in [5.74, 6) is -0.803. The number of aromatic nitrogens is 1. The van der Waals surface area contributed by atoms with Crippen LogP contribution >= 0.6 is 11.3 Å². The van der Waals surface area contributed by atoms with Gasteiger partial charge < -0.3 is 5.11 Å². The zero-order chi connectivity index (χ0) is 14.5. The molecule has 1 N–H and O–H groups in total. The maximum atomic E-state index is 11.0. The molecular formula is C16H19NO2S. The summed E-state index contributed by atoms with van der Waals surface area (Å²) in [4.78, 5) is 16.5. The van der Waals surface area contributed by atoms with Crippen molar-refractivity contribution in [2.24, 2.45) is 0 Å². The van der Waals surface area contributed by atoms with Crippen LogP contribution in [0.1, 0.15) is 35.7 Å². The molecule has 0 radical (unpaired) electrons. The van der Waals surface area contributed by atoms with E-state index < -0.39 is 5.97 Å². The number of aliphatic carboxylic acids is 1. The fourth-order valence-electron chi connectivity index (χ4n) is 2.10. The maximum absolute atomic E-state index is 11.0. The summed E-state index contributed by atoms with van der Waals surface area (Å²) in [5, 5.41) is 10.1. The number of hydrogen-bond acceptors (Lipinski definition) is 3. The predicted molar refractivity (Wildman–Crippen MR) is 82.3 cm³/mol. The molecular weight excluding hydrogens is 270 g/mol. The number of benzene rings is 1. The Labute approximate surface area is 123 Å². The zero-order valence-corrected chi connectivity index (χ0v) is 12.7. The molecule has 0 amide bonds. The van der Waals surface area contributed by atoms with Crippen LogP contribution in [0.4, 0.5) is 0 Å². The molecule has 0 fully saturated rings. The fourth-order valence-corrected chi connectivity index (χ4v) is 3.29. The van der Waals surface area contributed by atoms with Crippen LogP contribution in [0.25, 0.3) is 11.3 Å². The first kappa shape index (κ1) is 14.7. The Morgan fingerprint density at radius 3 is 2.50 bits per heavy atom. The largest absolute Gasteiger partial charge is 0.481 e. The van der Waals surface area contributed by atoms with E-state index in [9.17, 15) is 4.79 Å². The standard InChI is InChI=1S/C16H19NO2S/c1-3-5-14-17-16(13(20-14)10-15(18)19)12-8-6-11(4-2)7-9-12/h6-9H,3-5,10H2,1-2H3,(H,18,19). The Bertz CT molecular complexity index is 587. The molecule has 0 bridgehead atoms. The second-order valence-corrected chi connectivity index (χ2v) is 5.92. The number of carbonyl (C=O) groups is 1. The van der Waals surface area contributed by atoms with Gasteiger partial charge in [0, 0.05) is 10.4 Å². The minimum atomic E-state index is -0.803. The van der Waals surface area contributed by atoms with E-state index in [4.69, 9.17) is 5.11 Å². The van der Waals surface area contributed by atoms with E-state index in [0.29, 0.717) is 0 Å². The monoisotopic (exact) mass is 289 g/mol. The Hall–Kier alpha value is -1.68. The number of nitrogens with zero attached hydrogens (tertiary/aromatic N) is 1. The lowest BCUT2D eigenvalue weighted by atomic mass is 10.1. The minimum Gasteiger partial charge on any atom is -0.481 e. The molecule has 4 heteroatoms. The van der Waals surface area contributed by atoms with Gasteiger partial charge in [-0.1, -0.05) is 38.1 Å². The summed E-state index contributed by atoms with van der Waals surface area (Å²) >= 11 is 1.53. The number of hydrogen-bond donors (Lipinski definition) is 1. The van der Waals surface area contributed by atoms with E-state index in [1.54, 1.807) is 0 Å². The van der Waals surface area contributed by atoms with Gasteiger partial charge in [0.2, 0.25) is 0 Å². The lowest BCUT2D eigenvalue weighted by Crippen LogP contribution is -1.99. The van der Waals surface area contributed by atoms with Crippen LogP contribution in [-0.4, -0.2) is 16.1 Å². The fraction of sp³-hybridized carbons (Fsp3) is 0.375. The highest BCUT2D eigenvalue weighted by Gasteiger charge is 2.15. The van der Waals surface area contributed by atoms with Crippen molar-refractivity contribution in [1.29, 1.82) is 0 Å². The van der Waals surface area contributed by atoms with Crippen molar-refractivity contribution < 1.29 is 9.90 Å². The molecule has 106 valence electrons. The first-order chi connectivity index (χ1) is 9.63. The molecule has 2 aromatic rings. The van der Waals surface area contributed by atoms with Gasteiger partial charge in [0.15, 0.2) is 0 Å². The summed E-state index contributed by atoms with van der Waals surface area (Å²) in [6.45, 7) is 4.22. The van der Waals surface area contributed by atoms with Gasteiger partial charge in [-0.25, -0.2) is 4.98 Å². The molecule has 0 aliphatic carbocycles. The summed E-state index contributed by atoms with van der Waals surface area (Å²) in [6.07, 6.45) is 2.98. The van der Waals surface area contributed by atoms with Gasteiger partial charge in [0.25, 0.3) is 0 Å². The average molecular weight is 289 g/mol. The van der Waals surface area contributed by atoms with Crippen molar-refractivity contribution in [1.82, 2.24) is 4.98 Å². The quantitative estimate of drug-likeness (QED) is 0.876. The summed E-state index contributed by atoms with van der Waals surface area (Å²) in [6, 6.07) is 8.24. The van der Waals surface area contributed by atoms with E-state index in [1.807, 2.05) is 12.1 Å². The molecule has 3 nitrogen and oxygen atoms in total. The molecule has 0 saturated heterocycles. The topological polar surface area (TPSA) is 50.2 Å². The molecule has 0 aliphatic rings. The molecule has 1 aromatic heterocycles. The minimum absolute atomic E-state index is 0.0479. The second kappa shape index (κ2) is 6.66. The predicted octanol–water partition coefficient (Wildman–Crippen LogP) is 3.95. The van der Waals surface area contributed by atoms with Crippen LogP contribution in [0.2, 0.25) is 0 Å². The number of thiazole rings is 1. The maximum Gasteiger partial charge on any atom is 0.308 e. The number of carboxylic acid groups (broad SMARTS) is 1. The van der Waals surface area contributed by atoms with E-state index >= 15 is 0 Å². The van der Waals surface area contributed by atoms with Crippen LogP contribution in [-0.2, 0) is 24.1 Å². The van der Waals surface area contributed by atoms with E-state index in [2.05, 4.69) is 31.0 Å². The van der Waals surface area contributed by atoms with Crippen molar-refractivity contribution >= 4 is 17.3 Å². The Morgan fingerprint density at radius 1 is 1.25 bits per heavy atom. The van der Waals surface area contributed by atoms with Gasteiger partial charge in [-0.05, 0) is 24.8 Å². The van der Waals surface area contributed by atoms with Gasteiger partial charge in [-0.15, -0.1) is 11.3 Å². The van der Waals surface area contributed by atoms with Crippen LogP contribution in [0.3, 0.4) is 0 Å². The third-order valence-electron chi connectivity index (χ3n) is 3.15. The highest BCUT2D eigenvalue weighted by molar-refractivity contribution is 7.12. The molecule has 2 rings (SSSR count). The smallest absolute Gasteiger partial charge is 0.308 e. The molecule has 0 atom stereocenters. The van der Waals surface area contributed by atoms with Crippen molar-refractivity contribution in [2.75, 3.05) is 0 Å². The van der Waals surface area contributed by atoms with Crippen molar-refractivity contribution in [2.45, 2.75) is 39.5 Å². The van der Waals surface area contributed by atoms with Crippen molar-refractivity contribution in [3.63, 3.8) is 0 Å². The lowest BCUT2D eigenvalue weighted by Gasteiger charge is -2.02. The van der Waals surface area contributed by atoms with Crippen molar-refractivity contribution in [3.05, 3.63) is 39.7 Å². The summed E-state index contributed by atoms with van der Waals surface area (Å²) in [7, 11) is 0. The third kappa shape index (κ3) is 3.45. The normalized spacial score (nSPS) is 10.7. The van der Waals surface area contributed by atoms with Gasteiger partial charge in [-0.2, -0.15) is 0 Å². The van der Waals surface area contributed by atoms with Gasteiger partial charge >= 0.3 is 5.97 Å². The molecule has 1 aromatic carbocycles. The van der Waals surface area contributed by atoms with Crippen molar-refractivity contribution in [3.8, 4) is 11.3 Å². The lowest BCUT2D eigenvalue weighted by molar-refractivity contribution is -0.136. The van der Waals surface area contributed by atoms with Crippen LogP contribution < -0.4 is 0 Å². The van der Waals surface area contributed by atoms with E-state index in [0.717, 1.165) is 40.4 Å². The second-order valence-electron chi connectivity index (χ2n) is 4.75. The van der Waals surface area contributed by atoms with Gasteiger partial charge in [0.05, 0.1) is 17.1 Å². The molecule has 0 saturated carbocycles. The SMILES string of the molecule is CCCc1nc(-c2ccc(CC)cc2)c(CC(=O)O)s1. The van der Waals surface area contributed by atoms with Crippen LogP contribution in [0.15, 0.2) is 24.3 Å². The number of rotatable bonds is 6. The number of aryl methyl sites for hydroxylation is 2. The molecule has 0 unspecified atom stereocenters. The molecule has 0 aliphatic heterocycles. The first-order valence-corrected chi connectivity index (χ1v) is 7.75. The first-order valence-electron chi connectivity index (χ1n) is 6.93. The summed E-state index contributed by atoms with van der Waals surface area (Å²) < 4.78 is 0. The van der Waals surface area contributed by atoms with Crippen LogP contribution in [0, 0.1) is 0 Å². The highest BCUT2D eigenvalue weighted by Crippen LogP contribution is 2.29. The Morgan fingerprint density at radius 2 is 1.95 bits per heavy atom. The summed E-state index contributed by atoms with van der Waals surface area (Å²) in [5.41, 5.74) is 3.12. The van der Waals surface area contributed by atoms with E-state index in [1.165, 1.54) is 16.9 Å². The molecule has 20 heavy (non-hydrogen) atoms. The third-order valence-corrected chi connectivity index (χ3v) is 4.27. The molecule has 1 heterocycles. The van der Waals surface area contributed by atoms with Gasteiger partial charge in [0.1, 0.15) is 0 Å². The Balaban J connectivity index is 2.38. The van der Waals surface area contributed by atoms with E-state index in [-0.39, 0.29) is 6.42 Å². The zero-order valence-electron chi connectivity index (χ0n) is 11.8. The van der Waals surface area contributed by atoms with Gasteiger partial charge in [-0.3, -0.25) is 4.79 Å². The Kier molecular flexibility index (Phi) is 4.90. The van der Waals surface area contributed by atoms with Crippen LogP contribution in [0.5, 0.6) is 0 Å². The molecule has 0 spiro atoms. The average Bonchev–Trinajstić information content (AvgIpc) is 2.81. The highest BCUT2D eigenvalue weighted by atomic mass is 32.1.